The highest BCUT2D eigenvalue weighted by Gasteiger charge is 2.26. The van der Waals surface area contributed by atoms with E-state index in [4.69, 9.17) is 4.74 Å². The van der Waals surface area contributed by atoms with Gasteiger partial charge in [-0.05, 0) is 25.1 Å². The number of hydrogen-bond acceptors (Lipinski definition) is 3. The lowest BCUT2D eigenvalue weighted by Gasteiger charge is -2.38. The van der Waals surface area contributed by atoms with Gasteiger partial charge in [-0.2, -0.15) is 0 Å². The van der Waals surface area contributed by atoms with Gasteiger partial charge in [0.15, 0.2) is 0 Å². The van der Waals surface area contributed by atoms with Gasteiger partial charge in [-0.15, -0.1) is 0 Å². The molecule has 2 aliphatic heterocycles. The summed E-state index contributed by atoms with van der Waals surface area (Å²) in [4.78, 5) is 2.45. The monoisotopic (exact) mass is 232 g/mol. The van der Waals surface area contributed by atoms with E-state index in [2.05, 4.69) is 35.3 Å². The summed E-state index contributed by atoms with van der Waals surface area (Å²) < 4.78 is 5.98. The average molecular weight is 232 g/mol. The summed E-state index contributed by atoms with van der Waals surface area (Å²) in [5.74, 6) is 1.81. The van der Waals surface area contributed by atoms with Crippen LogP contribution in [-0.2, 0) is 6.42 Å². The molecule has 0 aliphatic carbocycles. The Morgan fingerprint density at radius 1 is 1.41 bits per heavy atom. The average Bonchev–Trinajstić information content (AvgIpc) is 2.76. The molecule has 17 heavy (non-hydrogen) atoms. The Bertz CT molecular complexity index is 399. The van der Waals surface area contributed by atoms with Gasteiger partial charge in [-0.1, -0.05) is 13.0 Å². The highest BCUT2D eigenvalue weighted by atomic mass is 16.5. The number of benzene rings is 1. The minimum Gasteiger partial charge on any atom is -0.493 e. The Hall–Kier alpha value is -1.22. The molecule has 0 atom stereocenters. The largest absolute Gasteiger partial charge is 0.493 e. The Balaban J connectivity index is 1.57. The van der Waals surface area contributed by atoms with Crippen LogP contribution < -0.4 is 10.1 Å². The van der Waals surface area contributed by atoms with Crippen LogP contribution >= 0.6 is 0 Å². The second-order valence-corrected chi connectivity index (χ2v) is 4.99. The molecule has 0 radical (unpaired) electrons. The minimum absolute atomic E-state index is 0.722. The fourth-order valence-corrected chi connectivity index (χ4v) is 2.69. The highest BCUT2D eigenvalue weighted by molar-refractivity contribution is 5.61. The van der Waals surface area contributed by atoms with Crippen molar-refractivity contribution in [1.82, 2.24) is 4.90 Å². The third kappa shape index (κ3) is 2.12. The molecule has 92 valence electrons. The van der Waals surface area contributed by atoms with Crippen LogP contribution in [-0.4, -0.2) is 37.7 Å². The standard InChI is InChI=1S/C14H20N2O/c1-2-16-8-11(9-16)10-17-14-5-3-4-13-12(14)6-7-15-13/h3-5,11,15H,2,6-10H2,1H3. The van der Waals surface area contributed by atoms with Crippen LogP contribution in [0.3, 0.4) is 0 Å². The maximum absolute atomic E-state index is 5.98. The Morgan fingerprint density at radius 3 is 3.12 bits per heavy atom. The first-order valence-electron chi connectivity index (χ1n) is 6.57. The van der Waals surface area contributed by atoms with Gasteiger partial charge < -0.3 is 15.0 Å². The number of ether oxygens (including phenoxy) is 1. The molecule has 3 heteroatoms. The molecule has 0 unspecified atom stereocenters. The molecule has 0 spiro atoms. The van der Waals surface area contributed by atoms with E-state index >= 15 is 0 Å². The molecular formula is C14H20N2O. The Morgan fingerprint density at radius 2 is 2.29 bits per heavy atom. The molecule has 3 nitrogen and oxygen atoms in total. The topological polar surface area (TPSA) is 24.5 Å². The van der Waals surface area contributed by atoms with Crippen LogP contribution in [0.2, 0.25) is 0 Å². The van der Waals surface area contributed by atoms with Crippen molar-refractivity contribution in [1.29, 1.82) is 0 Å². The van der Waals surface area contributed by atoms with E-state index < -0.39 is 0 Å². The normalized spacial score (nSPS) is 19.6. The summed E-state index contributed by atoms with van der Waals surface area (Å²) in [6, 6.07) is 6.31. The fraction of sp³-hybridized carbons (Fsp3) is 0.571. The second kappa shape index (κ2) is 4.57. The lowest BCUT2D eigenvalue weighted by atomic mass is 10.0. The van der Waals surface area contributed by atoms with Crippen LogP contribution in [0.25, 0.3) is 0 Å². The molecule has 0 aromatic heterocycles. The summed E-state index contributed by atoms with van der Waals surface area (Å²) in [5, 5.41) is 3.38. The smallest absolute Gasteiger partial charge is 0.124 e. The number of rotatable bonds is 4. The van der Waals surface area contributed by atoms with Crippen LogP contribution in [0, 0.1) is 5.92 Å². The first kappa shape index (κ1) is 10.9. The number of nitrogens with zero attached hydrogens (tertiary/aromatic N) is 1. The maximum Gasteiger partial charge on any atom is 0.124 e. The van der Waals surface area contributed by atoms with Gasteiger partial charge in [0.1, 0.15) is 5.75 Å². The summed E-state index contributed by atoms with van der Waals surface area (Å²) in [7, 11) is 0. The van der Waals surface area contributed by atoms with Gasteiger partial charge in [-0.3, -0.25) is 0 Å². The molecule has 1 N–H and O–H groups in total. The Kier molecular flexibility index (Phi) is 2.93. The number of fused-ring (bicyclic) bond motifs is 1. The molecule has 1 fully saturated rings. The van der Waals surface area contributed by atoms with Crippen molar-refractivity contribution in [3.8, 4) is 5.75 Å². The van der Waals surface area contributed by atoms with E-state index in [-0.39, 0.29) is 0 Å². The van der Waals surface area contributed by atoms with Gasteiger partial charge in [0.2, 0.25) is 0 Å². The predicted molar refractivity (Wildman–Crippen MR) is 69.7 cm³/mol. The van der Waals surface area contributed by atoms with E-state index in [9.17, 15) is 0 Å². The second-order valence-electron chi connectivity index (χ2n) is 4.99. The number of nitrogens with one attached hydrogen (secondary N) is 1. The predicted octanol–water partition coefficient (Wildman–Crippen LogP) is 1.99. The lowest BCUT2D eigenvalue weighted by molar-refractivity contribution is 0.0669. The quantitative estimate of drug-likeness (QED) is 0.859. The van der Waals surface area contributed by atoms with Crippen LogP contribution in [0.1, 0.15) is 12.5 Å². The first-order chi connectivity index (χ1) is 8.36. The van der Waals surface area contributed by atoms with E-state index in [0.717, 1.165) is 31.2 Å². The summed E-state index contributed by atoms with van der Waals surface area (Å²) >= 11 is 0. The summed E-state index contributed by atoms with van der Waals surface area (Å²) in [6.07, 6.45) is 1.09. The van der Waals surface area contributed by atoms with Crippen molar-refractivity contribution < 1.29 is 4.74 Å². The molecule has 1 saturated heterocycles. The zero-order chi connectivity index (χ0) is 11.7. The molecule has 0 amide bonds. The summed E-state index contributed by atoms with van der Waals surface area (Å²) in [5.41, 5.74) is 2.62. The van der Waals surface area contributed by atoms with Gasteiger partial charge in [0.05, 0.1) is 6.61 Å². The first-order valence-corrected chi connectivity index (χ1v) is 6.57. The number of anilines is 1. The molecule has 1 aromatic carbocycles. The van der Waals surface area contributed by atoms with Crippen molar-refractivity contribution in [3.63, 3.8) is 0 Å². The van der Waals surface area contributed by atoms with E-state index in [1.165, 1.54) is 30.9 Å². The van der Waals surface area contributed by atoms with Gasteiger partial charge in [0.25, 0.3) is 0 Å². The van der Waals surface area contributed by atoms with Crippen molar-refractivity contribution >= 4 is 5.69 Å². The highest BCUT2D eigenvalue weighted by Crippen LogP contribution is 2.31. The third-order valence-electron chi connectivity index (χ3n) is 3.78. The molecule has 2 aliphatic rings. The van der Waals surface area contributed by atoms with Gasteiger partial charge in [-0.25, -0.2) is 0 Å². The van der Waals surface area contributed by atoms with Crippen molar-refractivity contribution in [2.45, 2.75) is 13.3 Å². The lowest BCUT2D eigenvalue weighted by Crippen LogP contribution is -2.48. The van der Waals surface area contributed by atoms with Crippen LogP contribution in [0.4, 0.5) is 5.69 Å². The molecule has 1 aromatic rings. The van der Waals surface area contributed by atoms with E-state index in [1.807, 2.05) is 0 Å². The fourth-order valence-electron chi connectivity index (χ4n) is 2.69. The zero-order valence-electron chi connectivity index (χ0n) is 10.4. The van der Waals surface area contributed by atoms with Crippen LogP contribution in [0.15, 0.2) is 18.2 Å². The van der Waals surface area contributed by atoms with Crippen LogP contribution in [0.5, 0.6) is 5.75 Å². The SMILES string of the molecule is CCN1CC(COc2cccc3c2CCN3)C1. The third-order valence-corrected chi connectivity index (χ3v) is 3.78. The molecular weight excluding hydrogens is 212 g/mol. The van der Waals surface area contributed by atoms with E-state index in [1.54, 1.807) is 0 Å². The number of likely N-dealkylation sites (tertiary alicyclic amines) is 1. The number of hydrogen-bond donors (Lipinski definition) is 1. The Labute approximate surface area is 103 Å². The zero-order valence-corrected chi connectivity index (χ0v) is 10.4. The van der Waals surface area contributed by atoms with Crippen molar-refractivity contribution in [3.05, 3.63) is 23.8 Å². The molecule has 2 heterocycles. The summed E-state index contributed by atoms with van der Waals surface area (Å²) in [6.45, 7) is 7.69. The maximum atomic E-state index is 5.98. The minimum atomic E-state index is 0.722. The van der Waals surface area contributed by atoms with Crippen molar-refractivity contribution in [2.75, 3.05) is 38.1 Å². The van der Waals surface area contributed by atoms with Gasteiger partial charge in [0, 0.05) is 36.8 Å². The molecule has 0 bridgehead atoms. The van der Waals surface area contributed by atoms with Gasteiger partial charge >= 0.3 is 0 Å². The van der Waals surface area contributed by atoms with E-state index in [0.29, 0.717) is 0 Å². The molecule has 0 saturated carbocycles. The van der Waals surface area contributed by atoms with Crippen molar-refractivity contribution in [2.24, 2.45) is 5.92 Å². The molecule has 3 rings (SSSR count).